The maximum atomic E-state index is 14.4. The molecule has 1 saturated carbocycles. The molecule has 2 amide bonds. The molecule has 2 aromatic heterocycles. The number of amides is 2. The van der Waals surface area contributed by atoms with Crippen LogP contribution in [0, 0.1) is 5.82 Å². The first-order valence-corrected chi connectivity index (χ1v) is 18.1. The predicted molar refractivity (Wildman–Crippen MR) is 199 cm³/mol. The molecule has 7 rings (SSSR count). The van der Waals surface area contributed by atoms with Crippen LogP contribution >= 0.6 is 0 Å². The van der Waals surface area contributed by atoms with E-state index in [1.807, 2.05) is 42.5 Å². The molecule has 0 unspecified atom stereocenters. The Balaban J connectivity index is 0.935. The third-order valence-corrected chi connectivity index (χ3v) is 9.83. The van der Waals surface area contributed by atoms with Gasteiger partial charge in [0.25, 0.3) is 11.8 Å². The number of carbonyl (C=O) groups is 2. The minimum Gasteiger partial charge on any atom is -0.438 e. The zero-order valence-corrected chi connectivity index (χ0v) is 29.5. The van der Waals surface area contributed by atoms with Crippen molar-refractivity contribution in [1.29, 1.82) is 0 Å². The van der Waals surface area contributed by atoms with Crippen LogP contribution in [-0.4, -0.2) is 75.5 Å². The molecule has 268 valence electrons. The molecule has 0 spiro atoms. The normalized spacial score (nSPS) is 20.7. The average Bonchev–Trinajstić information content (AvgIpc) is 3.15. The third kappa shape index (κ3) is 8.78. The summed E-state index contributed by atoms with van der Waals surface area (Å²) in [5, 5.41) is 9.66. The van der Waals surface area contributed by atoms with E-state index in [2.05, 4.69) is 73.9 Å². The minimum absolute atomic E-state index is 0.0216. The van der Waals surface area contributed by atoms with Gasteiger partial charge in [-0.3, -0.25) is 19.5 Å². The van der Waals surface area contributed by atoms with Crippen LogP contribution in [0.25, 0.3) is 22.2 Å². The van der Waals surface area contributed by atoms with Crippen molar-refractivity contribution in [3.63, 3.8) is 0 Å². The first-order chi connectivity index (χ1) is 25.3. The van der Waals surface area contributed by atoms with Gasteiger partial charge in [-0.1, -0.05) is 48.5 Å². The van der Waals surface area contributed by atoms with Crippen LogP contribution in [-0.2, 0) is 6.42 Å². The SMILES string of the molecule is C[C@@H]1CN(CCc2ccc(-c3cccc(Oc4ncc(F)cc4C(=O)N[C@H]4CC[C@@H](NC(=O)c5cnc6ccccc6n5)CC4)c3)cc2)C[C@H](C)N1. The van der Waals surface area contributed by atoms with Crippen molar-refractivity contribution in [1.82, 2.24) is 35.8 Å². The molecule has 1 saturated heterocycles. The van der Waals surface area contributed by atoms with Crippen molar-refractivity contribution in [2.45, 2.75) is 70.1 Å². The Morgan fingerprint density at radius 1 is 0.808 bits per heavy atom. The molecule has 2 aliphatic rings. The quantitative estimate of drug-likeness (QED) is 0.155. The Labute approximate surface area is 303 Å². The third-order valence-electron chi connectivity index (χ3n) is 9.83. The largest absolute Gasteiger partial charge is 0.438 e. The highest BCUT2D eigenvalue weighted by Gasteiger charge is 2.26. The standard InChI is InChI=1S/C41H44FN7O3/c1-26-24-49(25-27(2)45-26)19-18-28-10-12-29(13-11-28)30-6-5-7-34(20-30)52-41-35(21-31(42)22-44-41)39(50)46-32-14-16-33(17-15-32)47-40(51)38-23-43-36-8-3-4-9-37(36)48-38/h3-13,20-23,26-27,32-33,45H,14-19,24-25H2,1-2H3,(H,46,50)(H,47,51)/t26-,27+,32-,33+. The number of carbonyl (C=O) groups excluding carboxylic acids is 2. The lowest BCUT2D eigenvalue weighted by molar-refractivity contribution is 0.0887. The summed E-state index contributed by atoms with van der Waals surface area (Å²) in [5.41, 5.74) is 4.97. The van der Waals surface area contributed by atoms with E-state index in [9.17, 15) is 14.0 Å². The average molecular weight is 702 g/mol. The first kappa shape index (κ1) is 35.2. The molecule has 0 radical (unpaired) electrons. The second-order valence-corrected chi connectivity index (χ2v) is 14.1. The Bertz CT molecular complexity index is 2020. The van der Waals surface area contributed by atoms with E-state index in [0.717, 1.165) is 55.0 Å². The number of nitrogens with zero attached hydrogens (tertiary/aromatic N) is 4. The lowest BCUT2D eigenvalue weighted by Crippen LogP contribution is -2.54. The number of nitrogens with one attached hydrogen (secondary N) is 3. The number of ether oxygens (including phenoxy) is 1. The van der Waals surface area contributed by atoms with Crippen LogP contribution in [0.1, 0.15) is 65.9 Å². The van der Waals surface area contributed by atoms with Gasteiger partial charge in [0.15, 0.2) is 0 Å². The Morgan fingerprint density at radius 2 is 1.50 bits per heavy atom. The number of pyridine rings is 1. The molecule has 1 aliphatic heterocycles. The number of rotatable bonds is 10. The summed E-state index contributed by atoms with van der Waals surface area (Å²) in [7, 11) is 0. The zero-order valence-electron chi connectivity index (χ0n) is 29.5. The van der Waals surface area contributed by atoms with Crippen LogP contribution in [0.3, 0.4) is 0 Å². The molecule has 52 heavy (non-hydrogen) atoms. The molecule has 3 heterocycles. The Hall–Kier alpha value is -5.26. The fourth-order valence-electron chi connectivity index (χ4n) is 7.27. The molecule has 5 aromatic rings. The van der Waals surface area contributed by atoms with Gasteiger partial charge in [0.1, 0.15) is 22.8 Å². The lowest BCUT2D eigenvalue weighted by Gasteiger charge is -2.36. The van der Waals surface area contributed by atoms with Crippen LogP contribution in [0.2, 0.25) is 0 Å². The van der Waals surface area contributed by atoms with Gasteiger partial charge in [0.2, 0.25) is 5.88 Å². The number of aromatic nitrogens is 3. The van der Waals surface area contributed by atoms with Crippen molar-refractivity contribution in [3.05, 3.63) is 114 Å². The van der Waals surface area contributed by atoms with Crippen molar-refractivity contribution in [3.8, 4) is 22.8 Å². The molecule has 0 bridgehead atoms. The summed E-state index contributed by atoms with van der Waals surface area (Å²) in [6.45, 7) is 7.63. The highest BCUT2D eigenvalue weighted by atomic mass is 19.1. The van der Waals surface area contributed by atoms with Gasteiger partial charge in [-0.25, -0.2) is 14.4 Å². The van der Waals surface area contributed by atoms with E-state index >= 15 is 0 Å². The van der Waals surface area contributed by atoms with Crippen molar-refractivity contribution in [2.75, 3.05) is 19.6 Å². The van der Waals surface area contributed by atoms with Gasteiger partial charge in [0, 0.05) is 43.8 Å². The van der Waals surface area contributed by atoms with Crippen LogP contribution in [0.15, 0.2) is 91.3 Å². The van der Waals surface area contributed by atoms with Crippen molar-refractivity contribution < 1.29 is 18.7 Å². The molecule has 2 fully saturated rings. The van der Waals surface area contributed by atoms with E-state index in [4.69, 9.17) is 4.74 Å². The van der Waals surface area contributed by atoms with Gasteiger partial charge >= 0.3 is 0 Å². The number of benzene rings is 3. The predicted octanol–water partition coefficient (Wildman–Crippen LogP) is 6.32. The van der Waals surface area contributed by atoms with Gasteiger partial charge in [-0.2, -0.15) is 0 Å². The number of piperazine rings is 1. The number of para-hydroxylation sites is 2. The van der Waals surface area contributed by atoms with Gasteiger partial charge in [-0.15, -0.1) is 0 Å². The zero-order chi connectivity index (χ0) is 36.0. The minimum atomic E-state index is -0.629. The lowest BCUT2D eigenvalue weighted by atomic mass is 9.91. The smallest absolute Gasteiger partial charge is 0.271 e. The molecule has 2 atom stereocenters. The molecule has 3 aromatic carbocycles. The highest BCUT2D eigenvalue weighted by molar-refractivity contribution is 5.96. The van der Waals surface area contributed by atoms with Crippen molar-refractivity contribution in [2.24, 2.45) is 0 Å². The first-order valence-electron chi connectivity index (χ1n) is 18.1. The summed E-state index contributed by atoms with van der Waals surface area (Å²) < 4.78 is 20.5. The molecule has 11 heteroatoms. The number of fused-ring (bicyclic) bond motifs is 1. The fraction of sp³-hybridized carbons (Fsp3) is 0.341. The summed E-state index contributed by atoms with van der Waals surface area (Å²) >= 11 is 0. The summed E-state index contributed by atoms with van der Waals surface area (Å²) in [5.74, 6) is -0.845. The van der Waals surface area contributed by atoms with E-state index in [1.165, 1.54) is 11.8 Å². The topological polar surface area (TPSA) is 121 Å². The maximum Gasteiger partial charge on any atom is 0.271 e. The highest BCUT2D eigenvalue weighted by Crippen LogP contribution is 2.29. The van der Waals surface area contributed by atoms with Crippen molar-refractivity contribution >= 4 is 22.8 Å². The fourth-order valence-corrected chi connectivity index (χ4v) is 7.27. The Kier molecular flexibility index (Phi) is 10.8. The monoisotopic (exact) mass is 701 g/mol. The number of hydrogen-bond acceptors (Lipinski definition) is 8. The summed E-state index contributed by atoms with van der Waals surface area (Å²) in [4.78, 5) is 41.8. The van der Waals surface area contributed by atoms with E-state index in [-0.39, 0.29) is 35.1 Å². The maximum absolute atomic E-state index is 14.4. The Morgan fingerprint density at radius 3 is 2.23 bits per heavy atom. The summed E-state index contributed by atoms with van der Waals surface area (Å²) in [6.07, 6.45) is 6.16. The van der Waals surface area contributed by atoms with Gasteiger partial charge in [-0.05, 0) is 93.0 Å². The van der Waals surface area contributed by atoms with Gasteiger partial charge < -0.3 is 20.7 Å². The molecular formula is C41H44FN7O3. The van der Waals surface area contributed by atoms with E-state index < -0.39 is 11.7 Å². The molecule has 1 aliphatic carbocycles. The molecule has 3 N–H and O–H groups in total. The van der Waals surface area contributed by atoms with Gasteiger partial charge in [0.05, 0.1) is 23.4 Å². The molecular weight excluding hydrogens is 657 g/mol. The van der Waals surface area contributed by atoms with E-state index in [1.54, 1.807) is 6.07 Å². The second-order valence-electron chi connectivity index (χ2n) is 14.1. The van der Waals surface area contributed by atoms with Crippen LogP contribution in [0.4, 0.5) is 4.39 Å². The summed E-state index contributed by atoms with van der Waals surface area (Å²) in [6, 6.07) is 25.5. The number of halogens is 1. The molecule has 10 nitrogen and oxygen atoms in total. The second kappa shape index (κ2) is 16.0. The van der Waals surface area contributed by atoms with Crippen LogP contribution in [0.5, 0.6) is 11.6 Å². The number of hydrogen-bond donors (Lipinski definition) is 3. The van der Waals surface area contributed by atoms with E-state index in [0.29, 0.717) is 49.0 Å². The van der Waals surface area contributed by atoms with Crippen LogP contribution < -0.4 is 20.7 Å².